The quantitative estimate of drug-likeness (QED) is 0.756. The van der Waals surface area contributed by atoms with Crippen LogP contribution >= 0.6 is 31.9 Å². The van der Waals surface area contributed by atoms with E-state index in [-0.39, 0.29) is 6.03 Å². The normalized spacial score (nSPS) is 10.6. The molecule has 0 bridgehead atoms. The largest absolute Gasteiger partial charge is 0.334 e. The third-order valence-corrected chi connectivity index (χ3v) is 3.67. The van der Waals surface area contributed by atoms with Gasteiger partial charge in [0, 0.05) is 21.7 Å². The van der Waals surface area contributed by atoms with E-state index in [1.807, 2.05) is 54.6 Å². The van der Waals surface area contributed by atoms with Gasteiger partial charge in [0.25, 0.3) is 0 Å². The van der Waals surface area contributed by atoms with Crippen LogP contribution in [0.1, 0.15) is 11.1 Å². The minimum atomic E-state index is -0.235. The third kappa shape index (κ3) is 5.73. The number of carbonyl (C=O) groups is 1. The first-order chi connectivity index (χ1) is 10.1. The first-order valence-corrected chi connectivity index (χ1v) is 7.93. The SMILES string of the molecule is O=C(N/C=C/c1cccc(Br)c1)NCc1cccc(Br)c1. The second-order valence-electron chi connectivity index (χ2n) is 4.35. The van der Waals surface area contributed by atoms with E-state index >= 15 is 0 Å². The topological polar surface area (TPSA) is 41.1 Å². The van der Waals surface area contributed by atoms with Gasteiger partial charge in [-0.05, 0) is 41.5 Å². The van der Waals surface area contributed by atoms with Gasteiger partial charge in [0.15, 0.2) is 0 Å². The van der Waals surface area contributed by atoms with Gasteiger partial charge in [-0.15, -0.1) is 0 Å². The standard InChI is InChI=1S/C16H14Br2N2O/c17-14-5-1-3-12(9-14)7-8-19-16(21)20-11-13-4-2-6-15(18)10-13/h1-10H,11H2,(H2,19,20,21)/b8-7+. The molecule has 2 aromatic rings. The molecule has 21 heavy (non-hydrogen) atoms. The average Bonchev–Trinajstić information content (AvgIpc) is 2.45. The number of rotatable bonds is 4. The Kier molecular flexibility index (Phi) is 6.02. The van der Waals surface area contributed by atoms with Crippen molar-refractivity contribution in [3.8, 4) is 0 Å². The summed E-state index contributed by atoms with van der Waals surface area (Å²) in [6.07, 6.45) is 3.46. The van der Waals surface area contributed by atoms with E-state index in [1.165, 1.54) is 0 Å². The Morgan fingerprint density at radius 3 is 2.48 bits per heavy atom. The lowest BCUT2D eigenvalue weighted by atomic mass is 10.2. The fraction of sp³-hybridized carbons (Fsp3) is 0.0625. The van der Waals surface area contributed by atoms with Crippen LogP contribution in [0.5, 0.6) is 0 Å². The highest BCUT2D eigenvalue weighted by Gasteiger charge is 1.98. The number of carbonyl (C=O) groups excluding carboxylic acids is 1. The van der Waals surface area contributed by atoms with Crippen LogP contribution in [0.2, 0.25) is 0 Å². The molecule has 0 saturated heterocycles. The molecular weight excluding hydrogens is 396 g/mol. The zero-order chi connectivity index (χ0) is 15.1. The number of amides is 2. The molecule has 3 nitrogen and oxygen atoms in total. The minimum Gasteiger partial charge on any atom is -0.334 e. The molecular formula is C16H14Br2N2O. The summed E-state index contributed by atoms with van der Waals surface area (Å²) in [4.78, 5) is 11.7. The Labute approximate surface area is 140 Å². The van der Waals surface area contributed by atoms with Gasteiger partial charge in [-0.25, -0.2) is 4.79 Å². The molecule has 0 aromatic heterocycles. The smallest absolute Gasteiger partial charge is 0.319 e. The summed E-state index contributed by atoms with van der Waals surface area (Å²) in [6.45, 7) is 0.482. The van der Waals surface area contributed by atoms with E-state index < -0.39 is 0 Å². The van der Waals surface area contributed by atoms with Crippen LogP contribution in [-0.2, 0) is 6.54 Å². The lowest BCUT2D eigenvalue weighted by Crippen LogP contribution is -2.31. The van der Waals surface area contributed by atoms with E-state index in [0.717, 1.165) is 20.1 Å². The second kappa shape index (κ2) is 8.00. The third-order valence-electron chi connectivity index (χ3n) is 2.68. The van der Waals surface area contributed by atoms with Gasteiger partial charge in [-0.2, -0.15) is 0 Å². The number of benzene rings is 2. The molecule has 0 atom stereocenters. The van der Waals surface area contributed by atoms with Gasteiger partial charge in [0.1, 0.15) is 0 Å². The molecule has 2 N–H and O–H groups in total. The molecule has 0 saturated carbocycles. The van der Waals surface area contributed by atoms with E-state index in [1.54, 1.807) is 6.20 Å². The fourth-order valence-electron chi connectivity index (χ4n) is 1.70. The minimum absolute atomic E-state index is 0.235. The van der Waals surface area contributed by atoms with Gasteiger partial charge in [-0.1, -0.05) is 56.1 Å². The monoisotopic (exact) mass is 408 g/mol. The molecule has 0 unspecified atom stereocenters. The molecule has 0 spiro atoms. The first-order valence-electron chi connectivity index (χ1n) is 6.34. The Morgan fingerprint density at radius 2 is 1.76 bits per heavy atom. The van der Waals surface area contributed by atoms with E-state index in [0.29, 0.717) is 6.54 Å². The van der Waals surface area contributed by atoms with Crippen molar-refractivity contribution in [1.82, 2.24) is 10.6 Å². The van der Waals surface area contributed by atoms with Crippen LogP contribution in [0, 0.1) is 0 Å². The number of nitrogens with one attached hydrogen (secondary N) is 2. The molecule has 0 aliphatic heterocycles. The lowest BCUT2D eigenvalue weighted by Gasteiger charge is -2.05. The maximum Gasteiger partial charge on any atom is 0.319 e. The molecule has 0 aliphatic rings. The van der Waals surface area contributed by atoms with Crippen molar-refractivity contribution in [3.05, 3.63) is 74.8 Å². The van der Waals surface area contributed by atoms with Crippen molar-refractivity contribution in [2.24, 2.45) is 0 Å². The predicted octanol–water partition coefficient (Wildman–Crippen LogP) is 4.68. The van der Waals surface area contributed by atoms with E-state index in [4.69, 9.17) is 0 Å². The van der Waals surface area contributed by atoms with Crippen LogP contribution in [-0.4, -0.2) is 6.03 Å². The number of halogens is 2. The summed E-state index contributed by atoms with van der Waals surface area (Å²) in [7, 11) is 0. The van der Waals surface area contributed by atoms with Gasteiger partial charge in [-0.3, -0.25) is 0 Å². The fourth-order valence-corrected chi connectivity index (χ4v) is 2.57. The zero-order valence-electron chi connectivity index (χ0n) is 11.1. The van der Waals surface area contributed by atoms with Gasteiger partial charge >= 0.3 is 6.03 Å². The summed E-state index contributed by atoms with van der Waals surface area (Å²) >= 11 is 6.80. The average molecular weight is 410 g/mol. The molecule has 108 valence electrons. The summed E-state index contributed by atoms with van der Waals surface area (Å²) in [5.41, 5.74) is 2.05. The molecule has 0 radical (unpaired) electrons. The zero-order valence-corrected chi connectivity index (χ0v) is 14.3. The predicted molar refractivity (Wildman–Crippen MR) is 92.7 cm³/mol. The molecule has 2 aromatic carbocycles. The second-order valence-corrected chi connectivity index (χ2v) is 6.18. The highest BCUT2D eigenvalue weighted by molar-refractivity contribution is 9.10. The van der Waals surface area contributed by atoms with Crippen LogP contribution in [0.15, 0.2) is 63.7 Å². The Morgan fingerprint density at radius 1 is 1.05 bits per heavy atom. The van der Waals surface area contributed by atoms with Crippen LogP contribution < -0.4 is 10.6 Å². The van der Waals surface area contributed by atoms with Crippen molar-refractivity contribution in [3.63, 3.8) is 0 Å². The molecule has 5 heteroatoms. The van der Waals surface area contributed by atoms with Crippen LogP contribution in [0.25, 0.3) is 6.08 Å². The molecule has 0 heterocycles. The van der Waals surface area contributed by atoms with Gasteiger partial charge in [0.05, 0.1) is 0 Å². The molecule has 2 rings (SSSR count). The Bertz CT molecular complexity index is 656. The Hall–Kier alpha value is -1.59. The summed E-state index contributed by atoms with van der Waals surface area (Å²) < 4.78 is 2.00. The summed E-state index contributed by atoms with van der Waals surface area (Å²) in [6, 6.07) is 15.4. The molecule has 2 amide bonds. The lowest BCUT2D eigenvalue weighted by molar-refractivity contribution is 0.244. The number of hydrogen-bond acceptors (Lipinski definition) is 1. The van der Waals surface area contributed by atoms with Crippen molar-refractivity contribution >= 4 is 44.0 Å². The van der Waals surface area contributed by atoms with Crippen LogP contribution in [0.4, 0.5) is 4.79 Å². The summed E-state index contributed by atoms with van der Waals surface area (Å²) in [5, 5.41) is 5.47. The van der Waals surface area contributed by atoms with Gasteiger partial charge in [0.2, 0.25) is 0 Å². The maximum atomic E-state index is 11.7. The van der Waals surface area contributed by atoms with Gasteiger partial charge < -0.3 is 10.6 Å². The highest BCUT2D eigenvalue weighted by Crippen LogP contribution is 2.12. The van der Waals surface area contributed by atoms with E-state index in [2.05, 4.69) is 42.5 Å². The highest BCUT2D eigenvalue weighted by atomic mass is 79.9. The molecule has 0 aliphatic carbocycles. The first kappa shape index (κ1) is 15.8. The number of urea groups is 1. The van der Waals surface area contributed by atoms with Crippen molar-refractivity contribution < 1.29 is 4.79 Å². The van der Waals surface area contributed by atoms with Crippen molar-refractivity contribution in [1.29, 1.82) is 0 Å². The summed E-state index contributed by atoms with van der Waals surface area (Å²) in [5.74, 6) is 0. The molecule has 0 fully saturated rings. The maximum absolute atomic E-state index is 11.7. The van der Waals surface area contributed by atoms with Crippen molar-refractivity contribution in [2.75, 3.05) is 0 Å². The van der Waals surface area contributed by atoms with Crippen molar-refractivity contribution in [2.45, 2.75) is 6.54 Å². The number of hydrogen-bond donors (Lipinski definition) is 2. The van der Waals surface area contributed by atoms with E-state index in [9.17, 15) is 4.79 Å². The Balaban J connectivity index is 1.80. The van der Waals surface area contributed by atoms with Crippen LogP contribution in [0.3, 0.4) is 0 Å².